The standard InChI is InChI=1S/C26H28N2O6S/c1-3-28(21-7-5-4-6-8-21)35(30,31)23-12-10-22(11-13-23)34-19-26(29)27(2)18-20-9-14-24-25(17-20)33-16-15-32-24/h4-14,17H,3,15-16,18-19H2,1-2H3. The third-order valence-electron chi connectivity index (χ3n) is 5.56. The summed E-state index contributed by atoms with van der Waals surface area (Å²) in [6.45, 7) is 3.34. The Labute approximate surface area is 205 Å². The fourth-order valence-corrected chi connectivity index (χ4v) is 5.20. The number of likely N-dealkylation sites (N-methyl/N-ethyl adjacent to an activating group) is 1. The van der Waals surface area contributed by atoms with Crippen LogP contribution in [0.2, 0.25) is 0 Å². The molecule has 9 heteroatoms. The van der Waals surface area contributed by atoms with Gasteiger partial charge in [0, 0.05) is 20.1 Å². The van der Waals surface area contributed by atoms with Gasteiger partial charge in [-0.3, -0.25) is 9.10 Å². The van der Waals surface area contributed by atoms with Gasteiger partial charge >= 0.3 is 0 Å². The molecule has 8 nitrogen and oxygen atoms in total. The Hall–Kier alpha value is -3.72. The third-order valence-corrected chi connectivity index (χ3v) is 7.47. The van der Waals surface area contributed by atoms with Crippen molar-refractivity contribution in [1.82, 2.24) is 4.90 Å². The van der Waals surface area contributed by atoms with Crippen LogP contribution in [0.25, 0.3) is 0 Å². The van der Waals surface area contributed by atoms with E-state index in [1.54, 1.807) is 55.3 Å². The number of hydrogen-bond donors (Lipinski definition) is 0. The van der Waals surface area contributed by atoms with Crippen molar-refractivity contribution in [2.45, 2.75) is 18.4 Å². The molecule has 0 spiro atoms. The highest BCUT2D eigenvalue weighted by molar-refractivity contribution is 7.92. The van der Waals surface area contributed by atoms with E-state index in [0.29, 0.717) is 49.2 Å². The molecule has 0 radical (unpaired) electrons. The Morgan fingerprint density at radius 2 is 1.63 bits per heavy atom. The summed E-state index contributed by atoms with van der Waals surface area (Å²) in [5, 5.41) is 0. The summed E-state index contributed by atoms with van der Waals surface area (Å²) in [6.07, 6.45) is 0. The molecule has 0 atom stereocenters. The van der Waals surface area contributed by atoms with E-state index in [1.807, 2.05) is 24.3 Å². The maximum absolute atomic E-state index is 13.1. The molecule has 0 unspecified atom stereocenters. The lowest BCUT2D eigenvalue weighted by Gasteiger charge is -2.23. The summed E-state index contributed by atoms with van der Waals surface area (Å²) in [5.41, 5.74) is 1.51. The lowest BCUT2D eigenvalue weighted by atomic mass is 10.2. The van der Waals surface area contributed by atoms with Gasteiger partial charge < -0.3 is 19.1 Å². The fourth-order valence-electron chi connectivity index (χ4n) is 3.72. The number of anilines is 1. The van der Waals surface area contributed by atoms with Crippen LogP contribution in [-0.4, -0.2) is 52.6 Å². The second-order valence-electron chi connectivity index (χ2n) is 7.99. The third kappa shape index (κ3) is 5.68. The quantitative estimate of drug-likeness (QED) is 0.449. The van der Waals surface area contributed by atoms with Gasteiger partial charge in [-0.05, 0) is 61.0 Å². The van der Waals surface area contributed by atoms with E-state index in [2.05, 4.69) is 0 Å². The van der Waals surface area contributed by atoms with Crippen LogP contribution >= 0.6 is 0 Å². The summed E-state index contributed by atoms with van der Waals surface area (Å²) in [6, 6.07) is 20.6. The smallest absolute Gasteiger partial charge is 0.264 e. The van der Waals surface area contributed by atoms with Crippen molar-refractivity contribution in [2.75, 3.05) is 37.7 Å². The predicted octanol–water partition coefficient (Wildman–Crippen LogP) is 3.71. The van der Waals surface area contributed by atoms with Crippen LogP contribution in [0, 0.1) is 0 Å². The zero-order valence-corrected chi connectivity index (χ0v) is 20.5. The molecule has 1 aliphatic rings. The molecular weight excluding hydrogens is 468 g/mol. The average molecular weight is 497 g/mol. The van der Waals surface area contributed by atoms with Gasteiger partial charge in [0.1, 0.15) is 19.0 Å². The van der Waals surface area contributed by atoms with Crippen LogP contribution in [0.1, 0.15) is 12.5 Å². The van der Waals surface area contributed by atoms with E-state index in [1.165, 1.54) is 16.4 Å². The molecule has 184 valence electrons. The Morgan fingerprint density at radius 1 is 0.943 bits per heavy atom. The van der Waals surface area contributed by atoms with Gasteiger partial charge in [0.25, 0.3) is 15.9 Å². The number of fused-ring (bicyclic) bond motifs is 1. The molecular formula is C26H28N2O6S. The van der Waals surface area contributed by atoms with Crippen LogP contribution in [0.15, 0.2) is 77.7 Å². The number of rotatable bonds is 9. The number of nitrogens with zero attached hydrogens (tertiary/aromatic N) is 2. The SMILES string of the molecule is CCN(c1ccccc1)S(=O)(=O)c1ccc(OCC(=O)N(C)Cc2ccc3c(c2)OCCO3)cc1. The van der Waals surface area contributed by atoms with E-state index >= 15 is 0 Å². The first kappa shape index (κ1) is 24.4. The van der Waals surface area contributed by atoms with Gasteiger partial charge in [0.05, 0.1) is 10.6 Å². The van der Waals surface area contributed by atoms with Gasteiger partial charge in [-0.1, -0.05) is 24.3 Å². The largest absolute Gasteiger partial charge is 0.486 e. The Bertz CT molecular complexity index is 1260. The zero-order valence-electron chi connectivity index (χ0n) is 19.7. The second kappa shape index (κ2) is 10.7. The highest BCUT2D eigenvalue weighted by atomic mass is 32.2. The monoisotopic (exact) mass is 496 g/mol. The fraction of sp³-hybridized carbons (Fsp3) is 0.269. The van der Waals surface area contributed by atoms with Crippen LogP contribution < -0.4 is 18.5 Å². The van der Waals surface area contributed by atoms with Crippen LogP contribution in [0.5, 0.6) is 17.2 Å². The van der Waals surface area contributed by atoms with Crippen molar-refractivity contribution in [3.8, 4) is 17.2 Å². The molecule has 1 amide bonds. The molecule has 35 heavy (non-hydrogen) atoms. The van der Waals surface area contributed by atoms with Crippen molar-refractivity contribution in [3.05, 3.63) is 78.4 Å². The normalized spacial score (nSPS) is 12.6. The summed E-state index contributed by atoms with van der Waals surface area (Å²) in [4.78, 5) is 14.3. The van der Waals surface area contributed by atoms with Gasteiger partial charge in [-0.25, -0.2) is 8.42 Å². The molecule has 0 fully saturated rings. The molecule has 4 rings (SSSR count). The maximum atomic E-state index is 13.1. The topological polar surface area (TPSA) is 85.4 Å². The number of carbonyl (C=O) groups excluding carboxylic acids is 1. The second-order valence-corrected chi connectivity index (χ2v) is 9.86. The molecule has 0 N–H and O–H groups in total. The Balaban J connectivity index is 1.35. The van der Waals surface area contributed by atoms with Gasteiger partial charge in [0.15, 0.2) is 18.1 Å². The molecule has 1 aliphatic heterocycles. The molecule has 3 aromatic rings. The minimum absolute atomic E-state index is 0.151. The average Bonchev–Trinajstić information content (AvgIpc) is 2.88. The number of amides is 1. The lowest BCUT2D eigenvalue weighted by molar-refractivity contribution is -0.132. The van der Waals surface area contributed by atoms with Crippen molar-refractivity contribution < 1.29 is 27.4 Å². The van der Waals surface area contributed by atoms with Gasteiger partial charge in [-0.15, -0.1) is 0 Å². The molecule has 0 aliphatic carbocycles. The number of para-hydroxylation sites is 1. The summed E-state index contributed by atoms with van der Waals surface area (Å²) in [5.74, 6) is 1.58. The lowest BCUT2D eigenvalue weighted by Crippen LogP contribution is -2.31. The minimum Gasteiger partial charge on any atom is -0.486 e. The molecule has 0 saturated carbocycles. The van der Waals surface area contributed by atoms with E-state index in [9.17, 15) is 13.2 Å². The van der Waals surface area contributed by atoms with E-state index in [4.69, 9.17) is 14.2 Å². The Kier molecular flexibility index (Phi) is 7.45. The van der Waals surface area contributed by atoms with Crippen LogP contribution in [0.3, 0.4) is 0 Å². The molecule has 3 aromatic carbocycles. The number of hydrogen-bond acceptors (Lipinski definition) is 6. The number of ether oxygens (including phenoxy) is 3. The first-order valence-corrected chi connectivity index (χ1v) is 12.8. The predicted molar refractivity (Wildman–Crippen MR) is 132 cm³/mol. The van der Waals surface area contributed by atoms with Gasteiger partial charge in [0.2, 0.25) is 0 Å². The van der Waals surface area contributed by atoms with Gasteiger partial charge in [-0.2, -0.15) is 0 Å². The molecule has 1 heterocycles. The van der Waals surface area contributed by atoms with Crippen LogP contribution in [-0.2, 0) is 21.4 Å². The molecule has 0 saturated heterocycles. The van der Waals surface area contributed by atoms with E-state index in [-0.39, 0.29) is 17.4 Å². The highest BCUT2D eigenvalue weighted by Gasteiger charge is 2.23. The molecule has 0 aromatic heterocycles. The zero-order chi connectivity index (χ0) is 24.8. The molecule has 0 bridgehead atoms. The van der Waals surface area contributed by atoms with E-state index in [0.717, 1.165) is 5.56 Å². The van der Waals surface area contributed by atoms with Crippen molar-refractivity contribution in [3.63, 3.8) is 0 Å². The summed E-state index contributed by atoms with van der Waals surface area (Å²) in [7, 11) is -2.03. The first-order valence-electron chi connectivity index (χ1n) is 11.3. The Morgan fingerprint density at radius 3 is 2.31 bits per heavy atom. The summed E-state index contributed by atoms with van der Waals surface area (Å²) < 4.78 is 44.3. The highest BCUT2D eigenvalue weighted by Crippen LogP contribution is 2.31. The first-order chi connectivity index (χ1) is 16.9. The van der Waals surface area contributed by atoms with E-state index < -0.39 is 10.0 Å². The number of benzene rings is 3. The van der Waals surface area contributed by atoms with Crippen molar-refractivity contribution >= 4 is 21.6 Å². The number of sulfonamides is 1. The number of carbonyl (C=O) groups is 1. The minimum atomic E-state index is -3.72. The maximum Gasteiger partial charge on any atom is 0.264 e. The van der Waals surface area contributed by atoms with Crippen molar-refractivity contribution in [1.29, 1.82) is 0 Å². The summed E-state index contributed by atoms with van der Waals surface area (Å²) >= 11 is 0. The van der Waals surface area contributed by atoms with Crippen molar-refractivity contribution in [2.24, 2.45) is 0 Å². The van der Waals surface area contributed by atoms with Crippen LogP contribution in [0.4, 0.5) is 5.69 Å².